The fraction of sp³-hybridized carbons (Fsp3) is 0.0270. The summed E-state index contributed by atoms with van der Waals surface area (Å²) in [5.41, 5.74) is 9.38. The van der Waals surface area contributed by atoms with Crippen LogP contribution in [0.2, 0.25) is 0 Å². The molecule has 6 aromatic carbocycles. The number of fused-ring (bicyclic) bond motifs is 6. The lowest BCUT2D eigenvalue weighted by Gasteiger charge is -2.34. The average molecular weight is 504 g/mol. The van der Waals surface area contributed by atoms with Gasteiger partial charge in [0.25, 0.3) is 0 Å². The number of rotatable bonds is 4. The first-order chi connectivity index (χ1) is 21.0. The van der Waals surface area contributed by atoms with E-state index in [0.29, 0.717) is 16.4 Å². The minimum atomic E-state index is -0.449. The first kappa shape index (κ1) is 18.2. The molecule has 2 heteroatoms. The van der Waals surface area contributed by atoms with E-state index in [2.05, 4.69) is 108 Å². The number of para-hydroxylation sites is 1. The van der Waals surface area contributed by atoms with Crippen LogP contribution >= 0.6 is 0 Å². The van der Waals surface area contributed by atoms with E-state index in [1.165, 1.54) is 33.4 Å². The summed E-state index contributed by atoms with van der Waals surface area (Å²) in [6.45, 7) is 0. The Bertz CT molecular complexity index is 2160. The van der Waals surface area contributed by atoms with Crippen molar-refractivity contribution in [2.24, 2.45) is 0 Å². The first-order valence-corrected chi connectivity index (χ1v) is 13.0. The molecular formula is C37H25NO. The molecule has 8 rings (SSSR count). The van der Waals surface area contributed by atoms with E-state index in [-0.39, 0.29) is 29.8 Å². The third-order valence-electron chi connectivity index (χ3n) is 7.88. The van der Waals surface area contributed by atoms with Crippen LogP contribution in [-0.2, 0) is 5.41 Å². The highest BCUT2D eigenvalue weighted by molar-refractivity contribution is 6.05. The van der Waals surface area contributed by atoms with Gasteiger partial charge in [-0.25, -0.2) is 0 Å². The topological polar surface area (TPSA) is 25.2 Å². The molecule has 0 spiro atoms. The minimum absolute atomic E-state index is 0.0894. The number of hydrogen-bond acceptors (Lipinski definition) is 2. The van der Waals surface area contributed by atoms with Gasteiger partial charge >= 0.3 is 0 Å². The SMILES string of the molecule is [2H]c1c([2H])c([2H])c2c(oc3cc(Nc4ccc(C5(c6ccccc6)c6ccccc6-c6ccccc65)cc4)ccc32)c1[2H]. The Hall–Kier alpha value is -5.08. The molecule has 0 fully saturated rings. The number of hydrogen-bond donors (Lipinski definition) is 1. The Labute approximate surface area is 232 Å². The zero-order valence-electron chi connectivity index (χ0n) is 25.0. The van der Waals surface area contributed by atoms with Crippen molar-refractivity contribution in [3.05, 3.63) is 168 Å². The van der Waals surface area contributed by atoms with Crippen LogP contribution in [0.4, 0.5) is 11.4 Å². The zero-order chi connectivity index (χ0) is 29.3. The Morgan fingerprint density at radius 3 is 1.90 bits per heavy atom. The van der Waals surface area contributed by atoms with Crippen LogP contribution in [0.5, 0.6) is 0 Å². The first-order valence-electron chi connectivity index (χ1n) is 15.0. The van der Waals surface area contributed by atoms with Crippen LogP contribution in [0.25, 0.3) is 33.1 Å². The standard InChI is InChI=1S/C37H25NO/c1-2-10-25(11-3-1)37(33-15-7-4-12-29(33)30-13-5-8-16-34(30)37)26-18-20-27(21-19-26)38-28-22-23-32-31-14-6-9-17-35(31)39-36(32)24-28/h1-24,38H/i6D,9D,14D,17D. The molecule has 1 aromatic heterocycles. The number of benzene rings is 6. The molecule has 1 N–H and O–H groups in total. The molecule has 1 aliphatic carbocycles. The molecule has 0 bridgehead atoms. The maximum Gasteiger partial charge on any atom is 0.137 e. The van der Waals surface area contributed by atoms with Crippen LogP contribution in [0, 0.1) is 0 Å². The van der Waals surface area contributed by atoms with Gasteiger partial charge in [-0.1, -0.05) is 109 Å². The summed E-state index contributed by atoms with van der Waals surface area (Å²) < 4.78 is 38.6. The van der Waals surface area contributed by atoms with Gasteiger partial charge in [-0.2, -0.15) is 0 Å². The maximum atomic E-state index is 8.35. The van der Waals surface area contributed by atoms with Crippen molar-refractivity contribution in [3.63, 3.8) is 0 Å². The van der Waals surface area contributed by atoms with Crippen molar-refractivity contribution in [1.29, 1.82) is 0 Å². The normalized spacial score (nSPS) is 14.8. The minimum Gasteiger partial charge on any atom is -0.456 e. The zero-order valence-corrected chi connectivity index (χ0v) is 21.0. The lowest BCUT2D eigenvalue weighted by Crippen LogP contribution is -2.28. The highest BCUT2D eigenvalue weighted by Crippen LogP contribution is 2.55. The van der Waals surface area contributed by atoms with Crippen LogP contribution in [-0.4, -0.2) is 0 Å². The average Bonchev–Trinajstić information content (AvgIpc) is 3.58. The van der Waals surface area contributed by atoms with E-state index in [1.807, 2.05) is 18.2 Å². The van der Waals surface area contributed by atoms with Crippen molar-refractivity contribution >= 4 is 33.3 Å². The molecule has 0 amide bonds. The van der Waals surface area contributed by atoms with Crippen molar-refractivity contribution in [2.45, 2.75) is 5.41 Å². The van der Waals surface area contributed by atoms with Crippen molar-refractivity contribution < 1.29 is 9.90 Å². The smallest absolute Gasteiger partial charge is 0.137 e. The second-order valence-electron chi connectivity index (χ2n) is 9.93. The maximum absolute atomic E-state index is 8.35. The second-order valence-corrected chi connectivity index (χ2v) is 9.93. The van der Waals surface area contributed by atoms with E-state index < -0.39 is 5.41 Å². The molecule has 184 valence electrons. The van der Waals surface area contributed by atoms with Gasteiger partial charge in [-0.15, -0.1) is 0 Å². The molecular weight excluding hydrogens is 474 g/mol. The van der Waals surface area contributed by atoms with Crippen LogP contribution in [0.3, 0.4) is 0 Å². The molecule has 0 saturated heterocycles. The van der Waals surface area contributed by atoms with E-state index in [0.717, 1.165) is 11.4 Å². The van der Waals surface area contributed by atoms with Gasteiger partial charge in [0.2, 0.25) is 0 Å². The Morgan fingerprint density at radius 2 is 1.15 bits per heavy atom. The summed E-state index contributed by atoms with van der Waals surface area (Å²) in [6.07, 6.45) is 0. The van der Waals surface area contributed by atoms with E-state index in [9.17, 15) is 0 Å². The molecule has 7 aromatic rings. The van der Waals surface area contributed by atoms with Crippen LogP contribution in [0.1, 0.15) is 27.7 Å². The summed E-state index contributed by atoms with van der Waals surface area (Å²) in [5.74, 6) is 0. The van der Waals surface area contributed by atoms with E-state index >= 15 is 0 Å². The van der Waals surface area contributed by atoms with Crippen LogP contribution in [0.15, 0.2) is 150 Å². The van der Waals surface area contributed by atoms with E-state index in [1.54, 1.807) is 0 Å². The van der Waals surface area contributed by atoms with Gasteiger partial charge in [-0.05, 0) is 63.7 Å². The predicted octanol–water partition coefficient (Wildman–Crippen LogP) is 9.69. The summed E-state index contributed by atoms with van der Waals surface area (Å²) in [4.78, 5) is 0. The molecule has 1 aliphatic rings. The Balaban J connectivity index is 1.22. The Kier molecular flexibility index (Phi) is 3.96. The molecule has 0 saturated carbocycles. The molecule has 0 radical (unpaired) electrons. The summed E-state index contributed by atoms with van der Waals surface area (Å²) in [7, 11) is 0. The van der Waals surface area contributed by atoms with E-state index in [4.69, 9.17) is 9.90 Å². The molecule has 2 nitrogen and oxygen atoms in total. The third kappa shape index (κ3) is 3.22. The third-order valence-corrected chi connectivity index (χ3v) is 7.88. The summed E-state index contributed by atoms with van der Waals surface area (Å²) in [5, 5.41) is 4.53. The molecule has 0 atom stereocenters. The molecule has 1 heterocycles. The lowest BCUT2D eigenvalue weighted by molar-refractivity contribution is 0.669. The highest BCUT2D eigenvalue weighted by atomic mass is 16.3. The van der Waals surface area contributed by atoms with Gasteiger partial charge in [0.05, 0.1) is 10.9 Å². The highest BCUT2D eigenvalue weighted by Gasteiger charge is 2.45. The van der Waals surface area contributed by atoms with Crippen molar-refractivity contribution in [2.75, 3.05) is 5.32 Å². The van der Waals surface area contributed by atoms with Gasteiger partial charge < -0.3 is 9.73 Å². The monoisotopic (exact) mass is 503 g/mol. The number of furan rings is 1. The molecule has 0 aliphatic heterocycles. The van der Waals surface area contributed by atoms with Gasteiger partial charge in [0.15, 0.2) is 0 Å². The van der Waals surface area contributed by atoms with Crippen molar-refractivity contribution in [1.82, 2.24) is 0 Å². The molecule has 39 heavy (non-hydrogen) atoms. The predicted molar refractivity (Wildman–Crippen MR) is 161 cm³/mol. The number of anilines is 2. The second kappa shape index (κ2) is 8.47. The quantitative estimate of drug-likeness (QED) is 0.259. The molecule has 0 unspecified atom stereocenters. The fourth-order valence-electron chi connectivity index (χ4n) is 6.25. The summed E-state index contributed by atoms with van der Waals surface area (Å²) >= 11 is 0. The fourth-order valence-corrected chi connectivity index (χ4v) is 6.25. The van der Waals surface area contributed by atoms with Gasteiger partial charge in [-0.3, -0.25) is 0 Å². The largest absolute Gasteiger partial charge is 0.456 e. The van der Waals surface area contributed by atoms with Gasteiger partial charge in [0.1, 0.15) is 11.2 Å². The summed E-state index contributed by atoms with van der Waals surface area (Å²) in [6, 6.07) is 41.4. The van der Waals surface area contributed by atoms with Crippen molar-refractivity contribution in [3.8, 4) is 11.1 Å². The lowest BCUT2D eigenvalue weighted by atomic mass is 9.68. The Morgan fingerprint density at radius 1 is 0.538 bits per heavy atom. The van der Waals surface area contributed by atoms with Crippen LogP contribution < -0.4 is 5.32 Å². The van der Waals surface area contributed by atoms with Gasteiger partial charge in [0, 0.05) is 28.2 Å². The number of nitrogens with one attached hydrogen (secondary N) is 1.